The molecule has 0 saturated heterocycles. The molecule has 0 unspecified atom stereocenters. The molecule has 2 rings (SSSR count). The molecular formula is C11H20O. The van der Waals surface area contributed by atoms with Gasteiger partial charge in [-0.25, -0.2) is 0 Å². The molecule has 0 spiro atoms. The molecule has 2 aliphatic carbocycles. The summed E-state index contributed by atoms with van der Waals surface area (Å²) in [6.45, 7) is 2.43. The highest BCUT2D eigenvalue weighted by atomic mass is 16.3. The van der Waals surface area contributed by atoms with E-state index in [4.69, 9.17) is 0 Å². The minimum absolute atomic E-state index is 0.0150. The summed E-state index contributed by atoms with van der Waals surface area (Å²) in [5.74, 6) is 0.829. The van der Waals surface area contributed by atoms with E-state index >= 15 is 0 Å². The maximum atomic E-state index is 9.56. The summed E-state index contributed by atoms with van der Waals surface area (Å²) in [6, 6.07) is 0. The lowest BCUT2D eigenvalue weighted by atomic mass is 9.60. The third-order valence-corrected chi connectivity index (χ3v) is 4.14. The topological polar surface area (TPSA) is 20.2 Å². The van der Waals surface area contributed by atoms with Gasteiger partial charge in [-0.05, 0) is 43.4 Å². The van der Waals surface area contributed by atoms with E-state index in [1.807, 2.05) is 0 Å². The Labute approximate surface area is 75.2 Å². The summed E-state index contributed by atoms with van der Waals surface area (Å²) in [7, 11) is 0. The van der Waals surface area contributed by atoms with Gasteiger partial charge in [0.15, 0.2) is 0 Å². The Morgan fingerprint density at radius 1 is 1.17 bits per heavy atom. The Kier molecular flexibility index (Phi) is 2.16. The molecule has 2 fully saturated rings. The van der Waals surface area contributed by atoms with Crippen LogP contribution in [-0.2, 0) is 0 Å². The molecule has 70 valence electrons. The fourth-order valence-corrected chi connectivity index (χ4v) is 3.15. The molecule has 0 heterocycles. The van der Waals surface area contributed by atoms with E-state index in [-0.39, 0.29) is 6.10 Å². The van der Waals surface area contributed by atoms with E-state index in [9.17, 15) is 5.11 Å². The van der Waals surface area contributed by atoms with Crippen LogP contribution in [0.5, 0.6) is 0 Å². The van der Waals surface area contributed by atoms with Gasteiger partial charge in [0.25, 0.3) is 0 Å². The standard InChI is InChI=1S/C11H20O/c1-11-6-3-2-4-9(11)8-10(12)5-7-11/h9-10,12H,2-8H2,1H3/t9-,10+,11-/m1/s1. The molecule has 0 aromatic heterocycles. The number of fused-ring (bicyclic) bond motifs is 1. The van der Waals surface area contributed by atoms with Crippen LogP contribution in [0.2, 0.25) is 0 Å². The van der Waals surface area contributed by atoms with Gasteiger partial charge >= 0.3 is 0 Å². The molecule has 3 atom stereocenters. The minimum Gasteiger partial charge on any atom is -0.393 e. The minimum atomic E-state index is 0.0150. The SMILES string of the molecule is C[C@]12CCCC[C@@H]1C[C@@H](O)CC2. The summed E-state index contributed by atoms with van der Waals surface area (Å²) >= 11 is 0. The molecule has 0 radical (unpaired) electrons. The molecule has 1 nitrogen and oxygen atoms in total. The normalized spacial score (nSPS) is 48.5. The van der Waals surface area contributed by atoms with E-state index in [2.05, 4.69) is 6.92 Å². The average Bonchev–Trinajstić information content (AvgIpc) is 2.06. The second kappa shape index (κ2) is 3.02. The number of hydrogen-bond donors (Lipinski definition) is 1. The van der Waals surface area contributed by atoms with Crippen LogP contribution in [0, 0.1) is 11.3 Å². The molecular weight excluding hydrogens is 148 g/mol. The van der Waals surface area contributed by atoms with Crippen molar-refractivity contribution < 1.29 is 5.11 Å². The third kappa shape index (κ3) is 1.39. The summed E-state index contributed by atoms with van der Waals surface area (Å²) in [6.07, 6.45) is 9.00. The second-order valence-electron chi connectivity index (χ2n) is 5.02. The predicted molar refractivity (Wildman–Crippen MR) is 49.9 cm³/mol. The first kappa shape index (κ1) is 8.55. The lowest BCUT2D eigenvalue weighted by molar-refractivity contribution is -0.00751. The van der Waals surface area contributed by atoms with E-state index in [1.165, 1.54) is 32.1 Å². The van der Waals surface area contributed by atoms with Crippen molar-refractivity contribution >= 4 is 0 Å². The molecule has 2 aliphatic rings. The van der Waals surface area contributed by atoms with Crippen molar-refractivity contribution in [3.8, 4) is 0 Å². The van der Waals surface area contributed by atoms with Gasteiger partial charge < -0.3 is 5.11 Å². The monoisotopic (exact) mass is 168 g/mol. The lowest BCUT2D eigenvalue weighted by Crippen LogP contribution is -2.38. The zero-order valence-corrected chi connectivity index (χ0v) is 8.05. The molecule has 12 heavy (non-hydrogen) atoms. The van der Waals surface area contributed by atoms with Crippen molar-refractivity contribution in [2.75, 3.05) is 0 Å². The molecule has 1 heteroatoms. The van der Waals surface area contributed by atoms with Crippen molar-refractivity contribution in [3.05, 3.63) is 0 Å². The highest BCUT2D eigenvalue weighted by Crippen LogP contribution is 2.49. The van der Waals surface area contributed by atoms with Gasteiger partial charge in [-0.15, -0.1) is 0 Å². The molecule has 1 N–H and O–H groups in total. The average molecular weight is 168 g/mol. The van der Waals surface area contributed by atoms with E-state index in [1.54, 1.807) is 0 Å². The van der Waals surface area contributed by atoms with Crippen LogP contribution in [0.4, 0.5) is 0 Å². The van der Waals surface area contributed by atoms with Gasteiger partial charge in [-0.2, -0.15) is 0 Å². The van der Waals surface area contributed by atoms with Crippen molar-refractivity contribution in [2.45, 2.75) is 58.0 Å². The van der Waals surface area contributed by atoms with Crippen LogP contribution in [-0.4, -0.2) is 11.2 Å². The molecule has 2 saturated carbocycles. The smallest absolute Gasteiger partial charge is 0.0543 e. The number of hydrogen-bond acceptors (Lipinski definition) is 1. The zero-order chi connectivity index (χ0) is 8.60. The highest BCUT2D eigenvalue weighted by molar-refractivity contribution is 4.91. The van der Waals surface area contributed by atoms with Gasteiger partial charge in [-0.3, -0.25) is 0 Å². The van der Waals surface area contributed by atoms with Crippen molar-refractivity contribution in [2.24, 2.45) is 11.3 Å². The fourth-order valence-electron chi connectivity index (χ4n) is 3.15. The van der Waals surface area contributed by atoms with Crippen LogP contribution in [0.3, 0.4) is 0 Å². The first-order valence-corrected chi connectivity index (χ1v) is 5.39. The largest absolute Gasteiger partial charge is 0.393 e. The van der Waals surface area contributed by atoms with Gasteiger partial charge in [0.2, 0.25) is 0 Å². The third-order valence-electron chi connectivity index (χ3n) is 4.14. The van der Waals surface area contributed by atoms with Crippen LogP contribution in [0.15, 0.2) is 0 Å². The van der Waals surface area contributed by atoms with Gasteiger partial charge in [0.1, 0.15) is 0 Å². The maximum absolute atomic E-state index is 9.56. The van der Waals surface area contributed by atoms with Crippen LogP contribution < -0.4 is 0 Å². The Morgan fingerprint density at radius 2 is 2.00 bits per heavy atom. The first-order chi connectivity index (χ1) is 5.71. The predicted octanol–water partition coefficient (Wildman–Crippen LogP) is 2.73. The van der Waals surface area contributed by atoms with E-state index < -0.39 is 0 Å². The summed E-state index contributed by atoms with van der Waals surface area (Å²) in [5.41, 5.74) is 0.595. The number of aliphatic hydroxyl groups is 1. The molecule has 0 bridgehead atoms. The van der Waals surface area contributed by atoms with Gasteiger partial charge in [0, 0.05) is 0 Å². The fraction of sp³-hybridized carbons (Fsp3) is 1.00. The Balaban J connectivity index is 2.06. The Bertz CT molecular complexity index is 166. The van der Waals surface area contributed by atoms with Gasteiger partial charge in [-0.1, -0.05) is 19.8 Å². The highest BCUT2D eigenvalue weighted by Gasteiger charge is 2.40. The zero-order valence-electron chi connectivity index (χ0n) is 8.05. The maximum Gasteiger partial charge on any atom is 0.0543 e. The summed E-state index contributed by atoms with van der Waals surface area (Å²) in [4.78, 5) is 0. The molecule has 0 aromatic rings. The van der Waals surface area contributed by atoms with Crippen molar-refractivity contribution in [1.82, 2.24) is 0 Å². The Hall–Kier alpha value is -0.0400. The Morgan fingerprint density at radius 3 is 2.83 bits per heavy atom. The van der Waals surface area contributed by atoms with Crippen LogP contribution >= 0.6 is 0 Å². The number of aliphatic hydroxyl groups excluding tert-OH is 1. The van der Waals surface area contributed by atoms with E-state index in [0.29, 0.717) is 5.41 Å². The first-order valence-electron chi connectivity index (χ1n) is 5.39. The van der Waals surface area contributed by atoms with Crippen molar-refractivity contribution in [1.29, 1.82) is 0 Å². The quantitative estimate of drug-likeness (QED) is 0.589. The molecule has 0 amide bonds. The summed E-state index contributed by atoms with van der Waals surface area (Å²) in [5, 5.41) is 9.56. The van der Waals surface area contributed by atoms with Crippen LogP contribution in [0.25, 0.3) is 0 Å². The van der Waals surface area contributed by atoms with Gasteiger partial charge in [0.05, 0.1) is 6.10 Å². The lowest BCUT2D eigenvalue weighted by Gasteiger charge is -2.46. The van der Waals surface area contributed by atoms with Crippen LogP contribution in [0.1, 0.15) is 51.9 Å². The molecule has 0 aromatic carbocycles. The molecule has 0 aliphatic heterocycles. The van der Waals surface area contributed by atoms with Crippen molar-refractivity contribution in [3.63, 3.8) is 0 Å². The summed E-state index contributed by atoms with van der Waals surface area (Å²) < 4.78 is 0. The number of rotatable bonds is 0. The van der Waals surface area contributed by atoms with E-state index in [0.717, 1.165) is 18.8 Å². The second-order valence-corrected chi connectivity index (χ2v) is 5.02.